The maximum atomic E-state index is 14.5. The maximum Gasteiger partial charge on any atom is 0.266 e. The average Bonchev–Trinajstić information content (AvgIpc) is 4.43. The Morgan fingerprint density at radius 1 is 0.878 bits per heavy atom. The molecule has 3 aromatic carbocycles. The number of rotatable bonds is 22. The molecule has 0 aliphatic carbocycles. The molecule has 3 unspecified atom stereocenters. The highest BCUT2D eigenvalue weighted by Crippen LogP contribution is 2.34. The summed E-state index contributed by atoms with van der Waals surface area (Å²) in [6, 6.07) is 19.4. The van der Waals surface area contributed by atoms with Crippen molar-refractivity contribution in [3.63, 3.8) is 0 Å². The molecule has 0 spiro atoms. The van der Waals surface area contributed by atoms with Crippen LogP contribution in [-0.2, 0) is 40.4 Å². The molecule has 5 N–H and O–H groups in total. The molecule has 3 atom stereocenters. The normalized spacial score (nSPS) is 14.9. The number of fused-ring (bicyclic) bond motifs is 1. The average molecular weight is 1160 g/mol. The number of likely N-dealkylation sites (tertiary alicyclic amines) is 1. The molecule has 428 valence electrons. The Morgan fingerprint density at radius 2 is 1.63 bits per heavy atom. The summed E-state index contributed by atoms with van der Waals surface area (Å²) < 4.78 is 80.9. The summed E-state index contributed by atoms with van der Waals surface area (Å²) in [5.74, 6) is -4.16. The van der Waals surface area contributed by atoms with Crippen molar-refractivity contribution in [2.24, 2.45) is 5.41 Å². The van der Waals surface area contributed by atoms with Gasteiger partial charge in [-0.2, -0.15) is 0 Å². The van der Waals surface area contributed by atoms with Gasteiger partial charge in [-0.1, -0.05) is 57.2 Å². The van der Waals surface area contributed by atoms with Crippen LogP contribution >= 0.6 is 11.3 Å². The van der Waals surface area contributed by atoms with Gasteiger partial charge in [-0.3, -0.25) is 28.3 Å². The Labute approximate surface area is 473 Å². The molecule has 1 aliphatic rings. The van der Waals surface area contributed by atoms with E-state index < -0.39 is 73.8 Å². The molecule has 82 heavy (non-hydrogen) atoms. The molecule has 4 amide bonds. The summed E-state index contributed by atoms with van der Waals surface area (Å²) in [5, 5.41) is 27.6. The number of nitrogens with one attached hydrogen (secondary N) is 4. The first-order valence-corrected chi connectivity index (χ1v) is 28.1. The molecule has 1 saturated heterocycles. The quantitative estimate of drug-likeness (QED) is 0.0472. The molecule has 0 saturated carbocycles. The maximum absolute atomic E-state index is 14.5. The van der Waals surface area contributed by atoms with Gasteiger partial charge in [-0.25, -0.2) is 32.2 Å². The van der Waals surface area contributed by atoms with E-state index in [2.05, 4.69) is 45.8 Å². The van der Waals surface area contributed by atoms with E-state index in [1.165, 1.54) is 30.5 Å². The van der Waals surface area contributed by atoms with E-state index in [0.717, 1.165) is 33.8 Å². The van der Waals surface area contributed by atoms with E-state index in [1.807, 2.05) is 31.2 Å². The number of pyridine rings is 2. The predicted octanol–water partition coefficient (Wildman–Crippen LogP) is 6.20. The van der Waals surface area contributed by atoms with E-state index in [0.29, 0.717) is 34.1 Å². The van der Waals surface area contributed by atoms with Crippen LogP contribution in [0.5, 0.6) is 5.88 Å². The van der Waals surface area contributed by atoms with E-state index >= 15 is 0 Å². The zero-order valence-electron chi connectivity index (χ0n) is 45.0. The molecule has 9 rings (SSSR count). The minimum atomic E-state index is -4.54. The number of ether oxygens (including phenoxy) is 3. The molecule has 8 aromatic rings. The standard InChI is InChI=1S/C56H57F2N11O11S2/c1-32-48(81-31-63-32)34-12-10-33(11-13-34)25-61-51(73)43-24-38(70)29-69(43)55(74)49(56(2,3)4)64-47(71)30-79-21-20-78-19-18-59-50(72)39-8-6-7-9-40(39)52-65-66-54(80-52)44-27-60-46-17-14-35(28-68(44)46)36-22-42(53(77-5)62-26-36)67-82(75,76)45-16-15-37(57)23-41(45)58/h6-17,22-23,26-28,31,38,43,49,67,70H,18-21,24-25,29-30H2,1-5H3,(H,59,72)(H,61,73)(H,64,71). The third-order valence-electron chi connectivity index (χ3n) is 13.2. The number of nitrogens with zero attached hydrogens (tertiary/aromatic N) is 7. The van der Waals surface area contributed by atoms with Crippen LogP contribution in [0, 0.1) is 24.0 Å². The fraction of sp³-hybridized carbons (Fsp3) is 0.304. The smallest absolute Gasteiger partial charge is 0.266 e. The van der Waals surface area contributed by atoms with Gasteiger partial charge in [0.2, 0.25) is 29.5 Å². The molecule has 6 heterocycles. The van der Waals surface area contributed by atoms with E-state index in [9.17, 15) is 41.5 Å². The van der Waals surface area contributed by atoms with Crippen LogP contribution in [0.4, 0.5) is 14.5 Å². The number of halogens is 2. The van der Waals surface area contributed by atoms with Gasteiger partial charge in [-0.05, 0) is 65.9 Å². The summed E-state index contributed by atoms with van der Waals surface area (Å²) in [5.41, 5.74) is 6.13. The van der Waals surface area contributed by atoms with Gasteiger partial charge < -0.3 is 44.6 Å². The van der Waals surface area contributed by atoms with Gasteiger partial charge >= 0.3 is 0 Å². The first kappa shape index (κ1) is 58.1. The van der Waals surface area contributed by atoms with Gasteiger partial charge in [-0.15, -0.1) is 21.5 Å². The Balaban J connectivity index is 0.740. The minimum absolute atomic E-state index is 0.0204. The SMILES string of the molecule is COc1ncc(-c2ccc3ncc(-c4nnc(-c5ccccc5C(=O)NCCOCCOCC(=O)NC(C(=O)N5CC(O)CC5C(=O)NCc5ccc(-c6scnc6C)cc5)C(C)(C)C)o4)n3c2)cc1NS(=O)(=O)c1ccc(F)cc1F. The predicted molar refractivity (Wildman–Crippen MR) is 296 cm³/mol. The number of β-amino-alcohol motifs (C(OH)–C–C–N with tert-alkyl or cyclic N) is 1. The summed E-state index contributed by atoms with van der Waals surface area (Å²) in [4.78, 5) is 68.8. The van der Waals surface area contributed by atoms with Crippen molar-refractivity contribution in [3.05, 3.63) is 137 Å². The molecule has 1 aliphatic heterocycles. The lowest BCUT2D eigenvalue weighted by Crippen LogP contribution is -2.58. The number of aromatic nitrogens is 6. The van der Waals surface area contributed by atoms with Crippen LogP contribution in [-0.4, -0.2) is 136 Å². The first-order chi connectivity index (χ1) is 39.3. The van der Waals surface area contributed by atoms with Gasteiger partial charge in [0, 0.05) is 55.6 Å². The number of amides is 4. The van der Waals surface area contributed by atoms with Crippen molar-refractivity contribution in [2.45, 2.75) is 63.7 Å². The second-order valence-corrected chi connectivity index (χ2v) is 22.6. The molecule has 22 nitrogen and oxygen atoms in total. The van der Waals surface area contributed by atoms with E-state index in [1.54, 1.807) is 84.6 Å². The van der Waals surface area contributed by atoms with Crippen LogP contribution in [0.25, 0.3) is 50.3 Å². The van der Waals surface area contributed by atoms with Crippen LogP contribution in [0.15, 0.2) is 118 Å². The Bertz CT molecular complexity index is 3760. The fourth-order valence-electron chi connectivity index (χ4n) is 9.05. The molecular weight excluding hydrogens is 1100 g/mol. The number of hydrogen-bond acceptors (Lipinski definition) is 17. The highest BCUT2D eigenvalue weighted by Gasteiger charge is 2.44. The monoisotopic (exact) mass is 1160 g/mol. The molecule has 1 fully saturated rings. The van der Waals surface area contributed by atoms with Crippen LogP contribution in [0.1, 0.15) is 48.8 Å². The number of thiazole rings is 1. The van der Waals surface area contributed by atoms with Gasteiger partial charge in [0.05, 0.1) is 66.4 Å². The van der Waals surface area contributed by atoms with Crippen molar-refractivity contribution < 1.29 is 60.1 Å². The zero-order chi connectivity index (χ0) is 58.3. The number of aryl methyl sites for hydroxylation is 1. The summed E-state index contributed by atoms with van der Waals surface area (Å²) in [7, 11) is -3.26. The topological polar surface area (TPSA) is 284 Å². The number of anilines is 1. The van der Waals surface area contributed by atoms with Crippen LogP contribution in [0.3, 0.4) is 0 Å². The third-order valence-corrected chi connectivity index (χ3v) is 15.6. The fourth-order valence-corrected chi connectivity index (χ4v) is 11.0. The van der Waals surface area contributed by atoms with Crippen molar-refractivity contribution in [1.29, 1.82) is 0 Å². The number of imidazole rings is 1. The second-order valence-electron chi connectivity index (χ2n) is 20.1. The first-order valence-electron chi connectivity index (χ1n) is 25.7. The van der Waals surface area contributed by atoms with Gasteiger partial charge in [0.1, 0.15) is 52.2 Å². The Morgan fingerprint density at radius 3 is 2.38 bits per heavy atom. The number of aliphatic hydroxyl groups is 1. The van der Waals surface area contributed by atoms with Gasteiger partial charge in [0.15, 0.2) is 0 Å². The lowest BCUT2D eigenvalue weighted by atomic mass is 9.85. The third kappa shape index (κ3) is 13.4. The number of sulfonamides is 1. The molecule has 0 radical (unpaired) electrons. The largest absolute Gasteiger partial charge is 0.480 e. The summed E-state index contributed by atoms with van der Waals surface area (Å²) in [6.45, 7) is 7.38. The van der Waals surface area contributed by atoms with Crippen molar-refractivity contribution in [2.75, 3.05) is 51.3 Å². The summed E-state index contributed by atoms with van der Waals surface area (Å²) >= 11 is 1.55. The second kappa shape index (κ2) is 25.1. The minimum Gasteiger partial charge on any atom is -0.480 e. The van der Waals surface area contributed by atoms with E-state index in [4.69, 9.17) is 18.6 Å². The molecule has 26 heteroatoms. The number of benzene rings is 3. The number of hydrogen-bond donors (Lipinski definition) is 5. The number of methoxy groups -OCH3 is 1. The van der Waals surface area contributed by atoms with E-state index in [-0.39, 0.29) is 81.4 Å². The molecule has 5 aromatic heterocycles. The Kier molecular flexibility index (Phi) is 17.8. The molecule has 0 bridgehead atoms. The van der Waals surface area contributed by atoms with Gasteiger partial charge in [0.25, 0.3) is 21.8 Å². The zero-order valence-corrected chi connectivity index (χ0v) is 46.6. The lowest BCUT2D eigenvalue weighted by Gasteiger charge is -2.35. The van der Waals surface area contributed by atoms with Crippen molar-refractivity contribution in [3.8, 4) is 50.5 Å². The van der Waals surface area contributed by atoms with Crippen molar-refractivity contribution in [1.82, 2.24) is 50.4 Å². The summed E-state index contributed by atoms with van der Waals surface area (Å²) in [6.07, 6.45) is 3.76. The van der Waals surface area contributed by atoms with Crippen LogP contribution in [0.2, 0.25) is 0 Å². The molecular formula is C56H57F2N11O11S2. The highest BCUT2D eigenvalue weighted by atomic mass is 32.2. The number of aliphatic hydroxyl groups excluding tert-OH is 1. The van der Waals surface area contributed by atoms with Crippen LogP contribution < -0.4 is 25.4 Å². The lowest BCUT2D eigenvalue weighted by molar-refractivity contribution is -0.144. The van der Waals surface area contributed by atoms with Crippen molar-refractivity contribution >= 4 is 56.3 Å². The number of carbonyl (C=O) groups excluding carboxylic acids is 4. The Hall–Kier alpha value is -8.56. The number of carbonyl (C=O) groups is 4. The highest BCUT2D eigenvalue weighted by molar-refractivity contribution is 7.92.